The Kier molecular flexibility index (Phi) is 2.02. The van der Waals surface area contributed by atoms with Gasteiger partial charge in [-0.3, -0.25) is 0 Å². The van der Waals surface area contributed by atoms with E-state index < -0.39 is 0 Å². The minimum atomic E-state index is 0.0214. The normalized spacial score (nSPS) is 61.3. The molecule has 6 heterocycles. The first kappa shape index (κ1) is 10.8. The third-order valence-corrected chi connectivity index (χ3v) is 8.43. The molecule has 0 radical (unpaired) electrons. The molecule has 100 valence electrons. The molecule has 6 aliphatic heterocycles. The molecule has 7 rings (SSSR count). The molecule has 6 saturated heterocycles. The number of hydrogen-bond donors (Lipinski definition) is 0. The quantitative estimate of drug-likeness (QED) is 0.619. The fraction of sp³-hybridized carbons (Fsp3) is 1.00. The maximum Gasteiger partial charge on any atom is 0.210 e. The molecule has 0 amide bonds. The van der Waals surface area contributed by atoms with Crippen molar-refractivity contribution in [3.63, 3.8) is 0 Å². The zero-order chi connectivity index (χ0) is 11.8. The molecule has 0 aromatic rings. The predicted molar refractivity (Wildman–Crippen MR) is 76.7 cm³/mol. The van der Waals surface area contributed by atoms with E-state index >= 15 is 0 Å². The molecule has 1 aliphatic carbocycles. The van der Waals surface area contributed by atoms with Gasteiger partial charge in [-0.15, -0.1) is 19.0 Å². The largest absolute Gasteiger partial charge is 0.515 e. The molecule has 1 saturated carbocycles. The van der Waals surface area contributed by atoms with Crippen molar-refractivity contribution >= 4 is 6.28 Å². The molecule has 1 nitrogen and oxygen atoms in total. The third kappa shape index (κ3) is 1.24. The first-order chi connectivity index (χ1) is 8.77. The maximum atomic E-state index is 1.69. The van der Waals surface area contributed by atoms with Crippen molar-refractivity contribution in [1.29, 1.82) is 0 Å². The molecule has 0 spiro atoms. The summed E-state index contributed by atoms with van der Waals surface area (Å²) in [5.74, 6) is 4.64. The minimum absolute atomic E-state index is 0.0214. The van der Waals surface area contributed by atoms with E-state index in [-0.39, 0.29) is 6.28 Å². The fourth-order valence-corrected chi connectivity index (χ4v) is 8.01. The molecule has 0 aromatic heterocycles. The Balaban J connectivity index is 1.54. The van der Waals surface area contributed by atoms with Crippen LogP contribution in [0.1, 0.15) is 38.5 Å². The molecule has 0 aromatic carbocycles. The molecular weight excluding hydrogens is 217 g/mol. The SMILES string of the molecule is C1C[N+]2([B-]34CC5CC(CC(C5)C3)C4)CCC1CC2. The van der Waals surface area contributed by atoms with Gasteiger partial charge in [-0.05, 0) is 25.2 Å². The molecule has 7 aliphatic rings. The number of fused-ring (bicyclic) bond motifs is 3. The van der Waals surface area contributed by atoms with Gasteiger partial charge in [0.2, 0.25) is 6.28 Å². The van der Waals surface area contributed by atoms with Crippen LogP contribution in [-0.2, 0) is 0 Å². The van der Waals surface area contributed by atoms with Gasteiger partial charge in [-0.25, -0.2) is 0 Å². The van der Waals surface area contributed by atoms with Gasteiger partial charge in [-0.1, -0.05) is 37.0 Å². The molecular formula is C16H28BN. The van der Waals surface area contributed by atoms with Crippen LogP contribution < -0.4 is 0 Å². The monoisotopic (exact) mass is 245 g/mol. The van der Waals surface area contributed by atoms with Crippen LogP contribution in [0.4, 0.5) is 0 Å². The van der Waals surface area contributed by atoms with Crippen LogP contribution in [-0.4, -0.2) is 30.3 Å². The Hall–Kier alpha value is 0.0249. The van der Waals surface area contributed by atoms with E-state index in [1.807, 2.05) is 0 Å². The highest BCUT2D eigenvalue weighted by molar-refractivity contribution is 6.73. The van der Waals surface area contributed by atoms with E-state index in [9.17, 15) is 0 Å². The van der Waals surface area contributed by atoms with Crippen molar-refractivity contribution in [3.8, 4) is 0 Å². The minimum Gasteiger partial charge on any atom is -0.515 e. The Morgan fingerprint density at radius 2 is 1.06 bits per heavy atom. The summed E-state index contributed by atoms with van der Waals surface area (Å²) < 4.78 is 1.67. The van der Waals surface area contributed by atoms with Crippen molar-refractivity contribution in [2.75, 3.05) is 19.6 Å². The second-order valence-corrected chi connectivity index (χ2v) is 9.05. The van der Waals surface area contributed by atoms with Crippen molar-refractivity contribution in [1.82, 2.24) is 0 Å². The van der Waals surface area contributed by atoms with Crippen LogP contribution in [0.25, 0.3) is 0 Å². The first-order valence-electron chi connectivity index (χ1n) is 8.83. The Labute approximate surface area is 112 Å². The van der Waals surface area contributed by atoms with Crippen molar-refractivity contribution in [2.24, 2.45) is 23.7 Å². The molecule has 7 fully saturated rings. The van der Waals surface area contributed by atoms with Crippen LogP contribution in [0.5, 0.6) is 0 Å². The lowest BCUT2D eigenvalue weighted by atomic mass is 9.15. The summed E-state index contributed by atoms with van der Waals surface area (Å²) in [5.41, 5.74) is 0. The van der Waals surface area contributed by atoms with Crippen molar-refractivity contribution in [2.45, 2.75) is 57.5 Å². The van der Waals surface area contributed by atoms with Crippen molar-refractivity contribution < 1.29 is 4.39 Å². The van der Waals surface area contributed by atoms with Gasteiger partial charge in [-0.2, -0.15) is 0 Å². The number of nitrogens with zero attached hydrogens (tertiary/aromatic N) is 1. The predicted octanol–water partition coefficient (Wildman–Crippen LogP) is 3.62. The fourth-order valence-electron chi connectivity index (χ4n) is 8.01. The van der Waals surface area contributed by atoms with Gasteiger partial charge in [0, 0.05) is 19.6 Å². The zero-order valence-electron chi connectivity index (χ0n) is 11.8. The molecule has 0 N–H and O–H groups in total. The number of hydrogen-bond acceptors (Lipinski definition) is 0. The summed E-state index contributed by atoms with van der Waals surface area (Å²) >= 11 is 0. The number of piperidine rings is 3. The summed E-state index contributed by atoms with van der Waals surface area (Å²) in [4.78, 5) is 0. The topological polar surface area (TPSA) is 0 Å². The van der Waals surface area contributed by atoms with Gasteiger partial charge in [0.1, 0.15) is 0 Å². The van der Waals surface area contributed by atoms with Gasteiger partial charge < -0.3 is 4.39 Å². The van der Waals surface area contributed by atoms with Crippen LogP contribution in [0.15, 0.2) is 0 Å². The summed E-state index contributed by atoms with van der Waals surface area (Å²) in [6.07, 6.45) is 14.7. The lowest BCUT2D eigenvalue weighted by Crippen LogP contribution is -2.77. The van der Waals surface area contributed by atoms with Crippen LogP contribution in [0, 0.1) is 23.7 Å². The van der Waals surface area contributed by atoms with E-state index in [1.165, 1.54) is 17.8 Å². The van der Waals surface area contributed by atoms with E-state index in [4.69, 9.17) is 0 Å². The Morgan fingerprint density at radius 1 is 0.611 bits per heavy atom. The second-order valence-electron chi connectivity index (χ2n) is 9.05. The average Bonchev–Trinajstić information content (AvgIpc) is 2.39. The molecule has 2 heteroatoms. The first-order valence-corrected chi connectivity index (χ1v) is 8.83. The van der Waals surface area contributed by atoms with Crippen LogP contribution in [0.2, 0.25) is 19.0 Å². The standard InChI is InChI=1S/C16H28BN/c1-4-18(5-2-13(1)3-6-18)17-10-14-7-15(11-17)9-16(8-14)12-17/h13-16H,1-12H2. The average molecular weight is 245 g/mol. The van der Waals surface area contributed by atoms with Gasteiger partial charge in [0.05, 0.1) is 0 Å². The zero-order valence-corrected chi connectivity index (χ0v) is 11.8. The van der Waals surface area contributed by atoms with Gasteiger partial charge in [0.15, 0.2) is 0 Å². The van der Waals surface area contributed by atoms with Gasteiger partial charge >= 0.3 is 0 Å². The molecule has 0 atom stereocenters. The highest BCUT2D eigenvalue weighted by atomic mass is 15.3. The Morgan fingerprint density at radius 3 is 1.50 bits per heavy atom. The lowest BCUT2D eigenvalue weighted by molar-refractivity contribution is -0.854. The lowest BCUT2D eigenvalue weighted by Gasteiger charge is -2.73. The maximum absolute atomic E-state index is 1.69. The summed E-state index contributed by atoms with van der Waals surface area (Å²) in [7, 11) is 0. The molecule has 18 heavy (non-hydrogen) atoms. The van der Waals surface area contributed by atoms with Gasteiger partial charge in [0.25, 0.3) is 0 Å². The van der Waals surface area contributed by atoms with E-state index in [2.05, 4.69) is 0 Å². The second kappa shape index (κ2) is 3.37. The third-order valence-electron chi connectivity index (χ3n) is 8.43. The number of quaternary nitrogens is 1. The van der Waals surface area contributed by atoms with E-state index in [1.54, 1.807) is 81.5 Å². The van der Waals surface area contributed by atoms with Crippen LogP contribution in [0.3, 0.4) is 0 Å². The summed E-state index contributed by atoms with van der Waals surface area (Å²) in [5, 5.41) is 0. The van der Waals surface area contributed by atoms with E-state index in [0.29, 0.717) is 0 Å². The summed E-state index contributed by atoms with van der Waals surface area (Å²) in [6.45, 7) is 4.78. The number of rotatable bonds is 1. The smallest absolute Gasteiger partial charge is 0.210 e. The Bertz CT molecular complexity index is 320. The molecule has 6 bridgehead atoms. The molecule has 0 unspecified atom stereocenters. The van der Waals surface area contributed by atoms with Crippen molar-refractivity contribution in [3.05, 3.63) is 0 Å². The van der Waals surface area contributed by atoms with Crippen LogP contribution >= 0.6 is 0 Å². The highest BCUT2D eigenvalue weighted by Gasteiger charge is 2.58. The highest BCUT2D eigenvalue weighted by Crippen LogP contribution is 2.60. The summed E-state index contributed by atoms with van der Waals surface area (Å²) in [6, 6.07) is 0. The van der Waals surface area contributed by atoms with E-state index in [0.717, 1.165) is 5.92 Å².